The molecule has 8 heteroatoms. The minimum atomic E-state index is -0.159. The maximum Gasteiger partial charge on any atom is 0.258 e. The van der Waals surface area contributed by atoms with Crippen molar-refractivity contribution in [2.45, 2.75) is 33.2 Å². The van der Waals surface area contributed by atoms with Gasteiger partial charge in [-0.3, -0.25) is 9.69 Å². The maximum absolute atomic E-state index is 12.3. The average molecular weight is 375 g/mol. The molecule has 1 aliphatic rings. The SMILES string of the molecule is Cc1cc(C)c2c(OCC(=O)NCC(C)(C)N3CCOCC3)nn(C)c2n1. The van der Waals surface area contributed by atoms with Crippen LogP contribution in [0, 0.1) is 13.8 Å². The summed E-state index contributed by atoms with van der Waals surface area (Å²) >= 11 is 0. The van der Waals surface area contributed by atoms with Crippen molar-refractivity contribution in [1.29, 1.82) is 0 Å². The van der Waals surface area contributed by atoms with Crippen molar-refractivity contribution in [2.24, 2.45) is 7.05 Å². The van der Waals surface area contributed by atoms with E-state index in [2.05, 4.69) is 34.1 Å². The van der Waals surface area contributed by atoms with Crippen molar-refractivity contribution in [3.05, 3.63) is 17.3 Å². The minimum absolute atomic E-state index is 0.0708. The molecule has 3 heterocycles. The molecule has 0 aromatic carbocycles. The van der Waals surface area contributed by atoms with Crippen LogP contribution in [0.1, 0.15) is 25.1 Å². The van der Waals surface area contributed by atoms with Crippen molar-refractivity contribution < 1.29 is 14.3 Å². The monoisotopic (exact) mass is 375 g/mol. The third kappa shape index (κ3) is 4.39. The molecule has 27 heavy (non-hydrogen) atoms. The summed E-state index contributed by atoms with van der Waals surface area (Å²) in [4.78, 5) is 19.1. The summed E-state index contributed by atoms with van der Waals surface area (Å²) in [6, 6.07) is 1.99. The molecule has 0 atom stereocenters. The molecule has 8 nitrogen and oxygen atoms in total. The van der Waals surface area contributed by atoms with Crippen LogP contribution in [0.5, 0.6) is 5.88 Å². The van der Waals surface area contributed by atoms with Crippen molar-refractivity contribution >= 4 is 16.9 Å². The van der Waals surface area contributed by atoms with Gasteiger partial charge in [0.25, 0.3) is 5.91 Å². The van der Waals surface area contributed by atoms with Crippen LogP contribution in [0.25, 0.3) is 11.0 Å². The van der Waals surface area contributed by atoms with Gasteiger partial charge in [-0.1, -0.05) is 0 Å². The van der Waals surface area contributed by atoms with Crippen molar-refractivity contribution in [1.82, 2.24) is 25.0 Å². The van der Waals surface area contributed by atoms with E-state index in [0.717, 1.165) is 48.6 Å². The lowest BCUT2D eigenvalue weighted by molar-refractivity contribution is -0.124. The van der Waals surface area contributed by atoms with E-state index in [1.54, 1.807) is 4.68 Å². The van der Waals surface area contributed by atoms with Gasteiger partial charge in [-0.25, -0.2) is 9.67 Å². The number of amides is 1. The minimum Gasteiger partial charge on any atom is -0.466 e. The third-order valence-electron chi connectivity index (χ3n) is 5.01. The molecular weight excluding hydrogens is 346 g/mol. The Balaban J connectivity index is 1.59. The lowest BCUT2D eigenvalue weighted by atomic mass is 10.0. The highest BCUT2D eigenvalue weighted by atomic mass is 16.5. The quantitative estimate of drug-likeness (QED) is 0.817. The van der Waals surface area contributed by atoms with Gasteiger partial charge in [0.2, 0.25) is 5.88 Å². The molecule has 0 radical (unpaired) electrons. The van der Waals surface area contributed by atoms with Crippen LogP contribution in [-0.4, -0.2) is 70.6 Å². The fourth-order valence-electron chi connectivity index (χ4n) is 3.43. The number of hydrogen-bond acceptors (Lipinski definition) is 6. The topological polar surface area (TPSA) is 81.5 Å². The lowest BCUT2D eigenvalue weighted by Gasteiger charge is -2.40. The molecule has 2 aromatic rings. The van der Waals surface area contributed by atoms with E-state index >= 15 is 0 Å². The number of fused-ring (bicyclic) bond motifs is 1. The molecule has 1 fully saturated rings. The Hall–Kier alpha value is -2.19. The predicted molar refractivity (Wildman–Crippen MR) is 103 cm³/mol. The number of carbonyl (C=O) groups excluding carboxylic acids is 1. The largest absolute Gasteiger partial charge is 0.466 e. The van der Waals surface area contributed by atoms with Gasteiger partial charge < -0.3 is 14.8 Å². The van der Waals surface area contributed by atoms with Crippen molar-refractivity contribution in [3.8, 4) is 5.88 Å². The van der Waals surface area contributed by atoms with Gasteiger partial charge in [-0.05, 0) is 39.3 Å². The first-order valence-corrected chi connectivity index (χ1v) is 9.31. The highest BCUT2D eigenvalue weighted by Gasteiger charge is 2.28. The molecule has 0 aliphatic carbocycles. The van der Waals surface area contributed by atoms with Gasteiger partial charge in [-0.15, -0.1) is 5.10 Å². The van der Waals surface area contributed by atoms with E-state index < -0.39 is 0 Å². The molecule has 1 saturated heterocycles. The highest BCUT2D eigenvalue weighted by Crippen LogP contribution is 2.27. The number of pyridine rings is 1. The van der Waals surface area contributed by atoms with E-state index in [1.807, 2.05) is 27.0 Å². The first-order valence-electron chi connectivity index (χ1n) is 9.31. The molecule has 3 rings (SSSR count). The zero-order valence-electron chi connectivity index (χ0n) is 16.8. The number of ether oxygens (including phenoxy) is 2. The first-order chi connectivity index (χ1) is 12.8. The highest BCUT2D eigenvalue weighted by molar-refractivity contribution is 5.85. The summed E-state index contributed by atoms with van der Waals surface area (Å²) in [5.41, 5.74) is 2.60. The predicted octanol–water partition coefficient (Wildman–Crippen LogP) is 1.19. The number of rotatable bonds is 6. The zero-order chi connectivity index (χ0) is 19.6. The van der Waals surface area contributed by atoms with Crippen LogP contribution in [0.4, 0.5) is 0 Å². The molecule has 0 saturated carbocycles. The Kier molecular flexibility index (Phi) is 5.67. The normalized spacial score (nSPS) is 15.9. The van der Waals surface area contributed by atoms with Gasteiger partial charge in [0.05, 0.1) is 18.6 Å². The van der Waals surface area contributed by atoms with Crippen LogP contribution in [0.3, 0.4) is 0 Å². The Morgan fingerprint density at radius 1 is 1.33 bits per heavy atom. The van der Waals surface area contributed by atoms with Gasteiger partial charge in [0.15, 0.2) is 12.3 Å². The molecule has 0 bridgehead atoms. The molecule has 1 amide bonds. The standard InChI is InChI=1S/C19H29N5O3/c1-13-10-14(2)21-17-16(13)18(22-23(17)5)27-11-15(25)20-12-19(3,4)24-6-8-26-9-7-24/h10H,6-9,11-12H2,1-5H3,(H,20,25). The lowest BCUT2D eigenvalue weighted by Crippen LogP contribution is -2.55. The van der Waals surface area contributed by atoms with E-state index in [1.165, 1.54) is 0 Å². The van der Waals surface area contributed by atoms with E-state index in [0.29, 0.717) is 12.4 Å². The van der Waals surface area contributed by atoms with Crippen LogP contribution in [-0.2, 0) is 16.6 Å². The zero-order valence-corrected chi connectivity index (χ0v) is 16.8. The Morgan fingerprint density at radius 2 is 2.04 bits per heavy atom. The molecule has 1 N–H and O–H groups in total. The number of aryl methyl sites for hydroxylation is 3. The van der Waals surface area contributed by atoms with Crippen molar-refractivity contribution in [2.75, 3.05) is 39.5 Å². The molecule has 148 valence electrons. The number of hydrogen-bond donors (Lipinski definition) is 1. The maximum atomic E-state index is 12.3. The summed E-state index contributed by atoms with van der Waals surface area (Å²) in [6.45, 7) is 11.9. The van der Waals surface area contributed by atoms with E-state index in [4.69, 9.17) is 9.47 Å². The second-order valence-electron chi connectivity index (χ2n) is 7.69. The Bertz CT molecular complexity index is 824. The van der Waals surface area contributed by atoms with Crippen molar-refractivity contribution in [3.63, 3.8) is 0 Å². The second-order valence-corrected chi connectivity index (χ2v) is 7.69. The van der Waals surface area contributed by atoms with E-state index in [-0.39, 0.29) is 18.1 Å². The second kappa shape index (κ2) is 7.82. The smallest absolute Gasteiger partial charge is 0.258 e. The number of aromatic nitrogens is 3. The number of nitrogens with zero attached hydrogens (tertiary/aromatic N) is 4. The fraction of sp³-hybridized carbons (Fsp3) is 0.632. The van der Waals surface area contributed by atoms with E-state index in [9.17, 15) is 4.79 Å². The molecule has 0 spiro atoms. The van der Waals surface area contributed by atoms with Crippen LogP contribution in [0.15, 0.2) is 6.07 Å². The fourth-order valence-corrected chi connectivity index (χ4v) is 3.43. The molecule has 1 aliphatic heterocycles. The average Bonchev–Trinajstić information content (AvgIpc) is 2.95. The number of morpholine rings is 1. The van der Waals surface area contributed by atoms with Crippen LogP contribution >= 0.6 is 0 Å². The summed E-state index contributed by atoms with van der Waals surface area (Å²) in [5, 5.41) is 8.20. The Labute approximate surface area is 159 Å². The van der Waals surface area contributed by atoms with Crippen LogP contribution < -0.4 is 10.1 Å². The van der Waals surface area contributed by atoms with Crippen LogP contribution in [0.2, 0.25) is 0 Å². The van der Waals surface area contributed by atoms with Gasteiger partial charge in [0, 0.05) is 37.9 Å². The summed E-state index contributed by atoms with van der Waals surface area (Å²) < 4.78 is 12.8. The molecule has 0 unspecified atom stereocenters. The number of carbonyl (C=O) groups is 1. The molecule has 2 aromatic heterocycles. The third-order valence-corrected chi connectivity index (χ3v) is 5.01. The van der Waals surface area contributed by atoms with Gasteiger partial charge >= 0.3 is 0 Å². The molecular formula is C19H29N5O3. The van der Waals surface area contributed by atoms with Gasteiger partial charge in [0.1, 0.15) is 0 Å². The number of nitrogens with one attached hydrogen (secondary N) is 1. The first kappa shape index (κ1) is 19.6. The van der Waals surface area contributed by atoms with Gasteiger partial charge in [-0.2, -0.15) is 0 Å². The summed E-state index contributed by atoms with van der Waals surface area (Å²) in [5.74, 6) is 0.285. The Morgan fingerprint density at radius 3 is 2.74 bits per heavy atom. The summed E-state index contributed by atoms with van der Waals surface area (Å²) in [7, 11) is 1.83. The summed E-state index contributed by atoms with van der Waals surface area (Å²) in [6.07, 6.45) is 0.